The Morgan fingerprint density at radius 1 is 1.10 bits per heavy atom. The van der Waals surface area contributed by atoms with E-state index in [-0.39, 0.29) is 5.78 Å². The Balaban J connectivity index is 2.27. The molecule has 0 fully saturated rings. The molecule has 21 heavy (non-hydrogen) atoms. The van der Waals surface area contributed by atoms with Crippen LogP contribution in [0.25, 0.3) is 0 Å². The van der Waals surface area contributed by atoms with Crippen LogP contribution in [0.5, 0.6) is 5.75 Å². The monoisotopic (exact) mass is 323 g/mol. The zero-order valence-electron chi connectivity index (χ0n) is 11.5. The Labute approximate surface area is 133 Å². The van der Waals surface area contributed by atoms with Gasteiger partial charge in [0.2, 0.25) is 0 Å². The van der Waals surface area contributed by atoms with E-state index in [0.717, 1.165) is 6.42 Å². The minimum atomic E-state index is -0.165. The molecule has 2 N–H and O–H groups in total. The third kappa shape index (κ3) is 3.69. The predicted octanol–water partition coefficient (Wildman–Crippen LogP) is 4.60. The number of ether oxygens (including phenoxy) is 1. The van der Waals surface area contributed by atoms with Crippen molar-refractivity contribution in [3.8, 4) is 5.75 Å². The van der Waals surface area contributed by atoms with E-state index in [9.17, 15) is 4.79 Å². The first kappa shape index (κ1) is 15.7. The Bertz CT molecular complexity index is 671. The molecule has 0 aliphatic rings. The van der Waals surface area contributed by atoms with Gasteiger partial charge in [-0.2, -0.15) is 0 Å². The first-order chi connectivity index (χ1) is 10.0. The summed E-state index contributed by atoms with van der Waals surface area (Å²) in [5.41, 5.74) is 7.29. The molecule has 0 aliphatic heterocycles. The molecule has 0 amide bonds. The van der Waals surface area contributed by atoms with Gasteiger partial charge in [0.15, 0.2) is 5.78 Å². The maximum Gasteiger partial charge on any atom is 0.193 e. The second kappa shape index (κ2) is 6.83. The highest BCUT2D eigenvalue weighted by Gasteiger charge is 2.12. The van der Waals surface area contributed by atoms with Gasteiger partial charge in [-0.05, 0) is 42.8 Å². The van der Waals surface area contributed by atoms with Crippen molar-refractivity contribution in [2.24, 2.45) is 0 Å². The lowest BCUT2D eigenvalue weighted by molar-refractivity contribution is 0.103. The van der Waals surface area contributed by atoms with Crippen LogP contribution in [0, 0.1) is 0 Å². The van der Waals surface area contributed by atoms with Crippen molar-refractivity contribution < 1.29 is 9.53 Å². The van der Waals surface area contributed by atoms with Crippen LogP contribution in [0.3, 0.4) is 0 Å². The molecule has 2 rings (SSSR count). The number of nitrogen functional groups attached to an aromatic ring is 1. The van der Waals surface area contributed by atoms with Gasteiger partial charge < -0.3 is 10.5 Å². The van der Waals surface area contributed by atoms with Gasteiger partial charge in [0.05, 0.1) is 22.3 Å². The van der Waals surface area contributed by atoms with Gasteiger partial charge in [0.25, 0.3) is 0 Å². The normalized spacial score (nSPS) is 10.4. The van der Waals surface area contributed by atoms with Crippen LogP contribution in [-0.4, -0.2) is 12.4 Å². The zero-order chi connectivity index (χ0) is 15.4. The molecule has 0 bridgehead atoms. The topological polar surface area (TPSA) is 52.3 Å². The predicted molar refractivity (Wildman–Crippen MR) is 86.5 cm³/mol. The SMILES string of the molecule is CCCOc1ccc(C(=O)c2ccc(Cl)c(Cl)c2)cc1N. The van der Waals surface area contributed by atoms with Crippen LogP contribution in [0.15, 0.2) is 36.4 Å². The summed E-state index contributed by atoms with van der Waals surface area (Å²) in [7, 11) is 0. The van der Waals surface area contributed by atoms with Crippen molar-refractivity contribution in [3.63, 3.8) is 0 Å². The molecule has 0 aliphatic carbocycles. The summed E-state index contributed by atoms with van der Waals surface area (Å²) >= 11 is 11.8. The van der Waals surface area contributed by atoms with Crippen molar-refractivity contribution in [2.75, 3.05) is 12.3 Å². The molecule has 0 radical (unpaired) electrons. The number of halogens is 2. The summed E-state index contributed by atoms with van der Waals surface area (Å²) in [5.74, 6) is 0.421. The molecule has 2 aromatic rings. The molecule has 0 heterocycles. The highest BCUT2D eigenvalue weighted by molar-refractivity contribution is 6.42. The van der Waals surface area contributed by atoms with Crippen LogP contribution in [0.4, 0.5) is 5.69 Å². The van der Waals surface area contributed by atoms with Gasteiger partial charge in [-0.3, -0.25) is 4.79 Å². The van der Waals surface area contributed by atoms with Gasteiger partial charge in [-0.15, -0.1) is 0 Å². The van der Waals surface area contributed by atoms with E-state index in [4.69, 9.17) is 33.7 Å². The minimum Gasteiger partial charge on any atom is -0.491 e. The number of rotatable bonds is 5. The quantitative estimate of drug-likeness (QED) is 0.646. The van der Waals surface area contributed by atoms with Crippen LogP contribution in [0.2, 0.25) is 10.0 Å². The van der Waals surface area contributed by atoms with E-state index < -0.39 is 0 Å². The van der Waals surface area contributed by atoms with Gasteiger partial charge in [-0.25, -0.2) is 0 Å². The summed E-state index contributed by atoms with van der Waals surface area (Å²) in [6, 6.07) is 9.77. The highest BCUT2D eigenvalue weighted by Crippen LogP contribution is 2.27. The third-order valence-electron chi connectivity index (χ3n) is 2.92. The van der Waals surface area contributed by atoms with E-state index in [1.807, 2.05) is 6.92 Å². The zero-order valence-corrected chi connectivity index (χ0v) is 13.0. The number of hydrogen-bond acceptors (Lipinski definition) is 3. The van der Waals surface area contributed by atoms with Crippen molar-refractivity contribution >= 4 is 34.7 Å². The van der Waals surface area contributed by atoms with Crippen LogP contribution >= 0.6 is 23.2 Å². The standard InChI is InChI=1S/C16H15Cl2NO2/c1-2-7-21-15-6-4-11(9-14(15)19)16(20)10-3-5-12(17)13(18)8-10/h3-6,8-9H,2,7,19H2,1H3. The van der Waals surface area contributed by atoms with E-state index in [0.29, 0.717) is 39.2 Å². The first-order valence-corrected chi connectivity index (χ1v) is 7.30. The first-order valence-electron chi connectivity index (χ1n) is 6.55. The number of anilines is 1. The number of hydrogen-bond donors (Lipinski definition) is 1. The van der Waals surface area contributed by atoms with Crippen LogP contribution in [0.1, 0.15) is 29.3 Å². The molecule has 0 unspecified atom stereocenters. The molecular weight excluding hydrogens is 309 g/mol. The lowest BCUT2D eigenvalue weighted by Gasteiger charge is -2.09. The molecule has 2 aromatic carbocycles. The van der Waals surface area contributed by atoms with Gasteiger partial charge >= 0.3 is 0 Å². The fraction of sp³-hybridized carbons (Fsp3) is 0.188. The van der Waals surface area contributed by atoms with Crippen molar-refractivity contribution in [1.82, 2.24) is 0 Å². The van der Waals surface area contributed by atoms with Crippen LogP contribution < -0.4 is 10.5 Å². The molecule has 0 saturated heterocycles. The summed E-state index contributed by atoms with van der Waals surface area (Å²) < 4.78 is 5.49. The number of ketones is 1. The largest absolute Gasteiger partial charge is 0.491 e. The fourth-order valence-corrected chi connectivity index (χ4v) is 2.14. The average molecular weight is 324 g/mol. The van der Waals surface area contributed by atoms with Gasteiger partial charge in [0, 0.05) is 11.1 Å². The third-order valence-corrected chi connectivity index (χ3v) is 3.65. The highest BCUT2D eigenvalue weighted by atomic mass is 35.5. The second-order valence-electron chi connectivity index (χ2n) is 4.56. The maximum atomic E-state index is 12.4. The molecule has 0 saturated carbocycles. The second-order valence-corrected chi connectivity index (χ2v) is 5.37. The Morgan fingerprint density at radius 3 is 2.38 bits per heavy atom. The van der Waals surface area contributed by atoms with Crippen LogP contribution in [-0.2, 0) is 0 Å². The average Bonchev–Trinajstić information content (AvgIpc) is 2.48. The molecule has 0 aromatic heterocycles. The summed E-state index contributed by atoms with van der Waals surface area (Å²) in [5, 5.41) is 0.759. The number of nitrogens with two attached hydrogens (primary N) is 1. The molecule has 5 heteroatoms. The van der Waals surface area contributed by atoms with E-state index in [1.54, 1.807) is 36.4 Å². The Hall–Kier alpha value is -1.71. The van der Waals surface area contributed by atoms with E-state index in [2.05, 4.69) is 0 Å². The number of carbonyl (C=O) groups is 1. The van der Waals surface area contributed by atoms with Gasteiger partial charge in [0.1, 0.15) is 5.75 Å². The molecule has 3 nitrogen and oxygen atoms in total. The van der Waals surface area contributed by atoms with E-state index >= 15 is 0 Å². The van der Waals surface area contributed by atoms with Crippen molar-refractivity contribution in [2.45, 2.75) is 13.3 Å². The van der Waals surface area contributed by atoms with Crippen molar-refractivity contribution in [1.29, 1.82) is 0 Å². The van der Waals surface area contributed by atoms with Crippen molar-refractivity contribution in [3.05, 3.63) is 57.6 Å². The van der Waals surface area contributed by atoms with Gasteiger partial charge in [-0.1, -0.05) is 30.1 Å². The summed E-state index contributed by atoms with van der Waals surface area (Å²) in [6.07, 6.45) is 0.892. The smallest absolute Gasteiger partial charge is 0.193 e. The molecule has 0 spiro atoms. The lowest BCUT2D eigenvalue weighted by atomic mass is 10.0. The fourth-order valence-electron chi connectivity index (χ4n) is 1.84. The lowest BCUT2D eigenvalue weighted by Crippen LogP contribution is -2.04. The number of carbonyl (C=O) groups excluding carboxylic acids is 1. The summed E-state index contributed by atoms with van der Waals surface area (Å²) in [6.45, 7) is 2.60. The summed E-state index contributed by atoms with van der Waals surface area (Å²) in [4.78, 5) is 12.4. The Morgan fingerprint density at radius 2 is 1.76 bits per heavy atom. The minimum absolute atomic E-state index is 0.165. The van der Waals surface area contributed by atoms with E-state index in [1.165, 1.54) is 0 Å². The number of benzene rings is 2. The molecule has 110 valence electrons. The maximum absolute atomic E-state index is 12.4. The molecular formula is C16H15Cl2NO2. The Kier molecular flexibility index (Phi) is 5.10. The molecule has 0 atom stereocenters.